The fraction of sp³-hybridized carbons (Fsp3) is 0.485. The maximum Gasteiger partial charge on any atom is 0.226 e. The Labute approximate surface area is 247 Å². The van der Waals surface area contributed by atoms with Crippen molar-refractivity contribution in [2.24, 2.45) is 5.92 Å². The first-order chi connectivity index (χ1) is 20.3. The van der Waals surface area contributed by atoms with Gasteiger partial charge in [-0.15, -0.1) is 0 Å². The van der Waals surface area contributed by atoms with Crippen LogP contribution in [0.3, 0.4) is 0 Å². The lowest BCUT2D eigenvalue weighted by Crippen LogP contribution is -2.42. The van der Waals surface area contributed by atoms with Crippen LogP contribution < -0.4 is 10.2 Å². The lowest BCUT2D eigenvalue weighted by molar-refractivity contribution is -0.127. The lowest BCUT2D eigenvalue weighted by Gasteiger charge is -2.32. The van der Waals surface area contributed by atoms with Crippen LogP contribution in [-0.4, -0.2) is 49.4 Å². The van der Waals surface area contributed by atoms with Crippen molar-refractivity contribution in [1.82, 2.24) is 10.3 Å². The average Bonchev–Trinajstić information content (AvgIpc) is 3.95. The van der Waals surface area contributed by atoms with Gasteiger partial charge in [0.15, 0.2) is 9.84 Å². The van der Waals surface area contributed by atoms with Gasteiger partial charge in [0, 0.05) is 41.7 Å². The number of carbonyl (C=O) groups excluding carboxylic acids is 1. The molecule has 2 heterocycles. The number of hydrogen-bond acceptors (Lipinski definition) is 7. The van der Waals surface area contributed by atoms with Gasteiger partial charge in [-0.3, -0.25) is 4.79 Å². The summed E-state index contributed by atoms with van der Waals surface area (Å²) in [6, 6.07) is 18.7. The summed E-state index contributed by atoms with van der Waals surface area (Å²) < 4.78 is 31.0. The van der Waals surface area contributed by atoms with Crippen molar-refractivity contribution in [2.75, 3.05) is 29.5 Å². The molecule has 3 aliphatic carbocycles. The molecular weight excluding hydrogens is 548 g/mol. The van der Waals surface area contributed by atoms with Gasteiger partial charge in [0.2, 0.25) is 11.8 Å². The topological polar surface area (TPSA) is 116 Å². The SMILES string of the molecule is N#CC1(NC(=O)[C@@H]2CCCC[C@H]2c2oc(-c3ccc(C4CC4)cc3)nc2-c2ccccc2N2CCS(=O)(=O)CC2)CC1. The van der Waals surface area contributed by atoms with Crippen molar-refractivity contribution in [3.05, 3.63) is 59.9 Å². The predicted molar refractivity (Wildman–Crippen MR) is 161 cm³/mol. The van der Waals surface area contributed by atoms with E-state index >= 15 is 0 Å². The van der Waals surface area contributed by atoms with Crippen LogP contribution >= 0.6 is 0 Å². The second-order valence-electron chi connectivity index (χ2n) is 12.5. The standard InChI is InChI=1S/C33H36N4O4S/c34-21-33(15-16-33)36-31(38)26-6-2-1-5-25(26)30-29(35-32(41-30)24-13-11-23(12-14-24)22-9-10-22)27-7-3-4-8-28(27)37-17-19-42(39,40)20-18-37/h3-4,7-8,11-14,22,25-26H,1-2,5-6,9-10,15-20H2,(H,36,38)/t25-,26-/m1/s1. The molecule has 1 amide bonds. The Kier molecular flexibility index (Phi) is 6.85. The van der Waals surface area contributed by atoms with Crippen molar-refractivity contribution in [3.63, 3.8) is 0 Å². The van der Waals surface area contributed by atoms with Crippen LogP contribution in [0.5, 0.6) is 0 Å². The maximum atomic E-state index is 13.6. The number of carbonyl (C=O) groups is 1. The molecule has 4 fully saturated rings. The highest BCUT2D eigenvalue weighted by atomic mass is 32.2. The van der Waals surface area contributed by atoms with Crippen molar-refractivity contribution < 1.29 is 17.6 Å². The van der Waals surface area contributed by atoms with Crippen LogP contribution in [-0.2, 0) is 14.6 Å². The molecule has 2 aromatic carbocycles. The molecule has 9 heteroatoms. The van der Waals surface area contributed by atoms with E-state index < -0.39 is 15.4 Å². The molecule has 0 spiro atoms. The molecule has 0 unspecified atom stereocenters. The monoisotopic (exact) mass is 584 g/mol. The fourth-order valence-corrected chi connectivity index (χ4v) is 7.80. The number of rotatable bonds is 7. The lowest BCUT2D eigenvalue weighted by atomic mass is 9.76. The summed E-state index contributed by atoms with van der Waals surface area (Å²) in [4.78, 5) is 20.8. The molecule has 1 aliphatic heterocycles. The minimum atomic E-state index is -3.04. The van der Waals surface area contributed by atoms with E-state index in [1.165, 1.54) is 18.4 Å². The summed E-state index contributed by atoms with van der Waals surface area (Å²) in [6.07, 6.45) is 7.32. The van der Waals surface area contributed by atoms with Crippen LogP contribution in [0.4, 0.5) is 5.69 Å². The Balaban J connectivity index is 1.30. The predicted octanol–water partition coefficient (Wildman–Crippen LogP) is 5.57. The molecule has 3 saturated carbocycles. The van der Waals surface area contributed by atoms with E-state index in [4.69, 9.17) is 9.40 Å². The average molecular weight is 585 g/mol. The molecule has 4 aliphatic rings. The van der Waals surface area contributed by atoms with Gasteiger partial charge < -0.3 is 14.6 Å². The Morgan fingerprint density at radius 2 is 1.71 bits per heavy atom. The zero-order valence-corrected chi connectivity index (χ0v) is 24.5. The molecule has 42 heavy (non-hydrogen) atoms. The van der Waals surface area contributed by atoms with Crippen molar-refractivity contribution in [2.45, 2.75) is 68.7 Å². The molecule has 218 valence electrons. The molecule has 0 radical (unpaired) electrons. The Hall–Kier alpha value is -3.64. The van der Waals surface area contributed by atoms with Gasteiger partial charge in [-0.25, -0.2) is 13.4 Å². The van der Waals surface area contributed by atoms with E-state index in [0.717, 1.165) is 42.5 Å². The highest BCUT2D eigenvalue weighted by Gasteiger charge is 2.47. The van der Waals surface area contributed by atoms with Crippen molar-refractivity contribution in [1.29, 1.82) is 5.26 Å². The fourth-order valence-electron chi connectivity index (χ4n) is 6.59. The maximum absolute atomic E-state index is 13.6. The van der Waals surface area contributed by atoms with Crippen LogP contribution in [0.2, 0.25) is 0 Å². The van der Waals surface area contributed by atoms with E-state index in [1.54, 1.807) is 0 Å². The Morgan fingerprint density at radius 1 is 1.00 bits per heavy atom. The zero-order chi connectivity index (χ0) is 28.9. The van der Waals surface area contributed by atoms with Gasteiger partial charge in [-0.1, -0.05) is 43.2 Å². The molecule has 7 rings (SSSR count). The van der Waals surface area contributed by atoms with Crippen LogP contribution in [0.25, 0.3) is 22.7 Å². The van der Waals surface area contributed by atoms with Gasteiger partial charge in [-0.2, -0.15) is 5.26 Å². The van der Waals surface area contributed by atoms with Crippen LogP contribution in [0, 0.1) is 17.2 Å². The zero-order valence-electron chi connectivity index (χ0n) is 23.7. The molecule has 1 aromatic heterocycles. The first-order valence-corrected chi connectivity index (χ1v) is 17.1. The first kappa shape index (κ1) is 27.2. The first-order valence-electron chi connectivity index (χ1n) is 15.2. The summed E-state index contributed by atoms with van der Waals surface area (Å²) >= 11 is 0. The molecule has 3 aromatic rings. The molecule has 8 nitrogen and oxygen atoms in total. The van der Waals surface area contributed by atoms with Gasteiger partial charge >= 0.3 is 0 Å². The normalized spacial score (nSPS) is 24.5. The summed E-state index contributed by atoms with van der Waals surface area (Å²) in [5.74, 6) is 1.56. The molecular formula is C33H36N4O4S. The number of nitrogens with zero attached hydrogens (tertiary/aromatic N) is 3. The highest BCUT2D eigenvalue weighted by Crippen LogP contribution is 2.47. The number of amides is 1. The number of para-hydroxylation sites is 1. The van der Waals surface area contributed by atoms with Gasteiger partial charge in [-0.05, 0) is 68.2 Å². The van der Waals surface area contributed by atoms with Gasteiger partial charge in [0.25, 0.3) is 0 Å². The highest BCUT2D eigenvalue weighted by molar-refractivity contribution is 7.91. The number of benzene rings is 2. The minimum absolute atomic E-state index is 0.0778. The quantitative estimate of drug-likeness (QED) is 0.386. The second-order valence-corrected chi connectivity index (χ2v) is 14.8. The van der Waals surface area contributed by atoms with Crippen molar-refractivity contribution in [3.8, 4) is 28.8 Å². The number of anilines is 1. The Morgan fingerprint density at radius 3 is 2.40 bits per heavy atom. The molecule has 1 saturated heterocycles. The van der Waals surface area contributed by atoms with E-state index in [0.29, 0.717) is 49.2 Å². The number of hydrogen-bond donors (Lipinski definition) is 1. The number of aromatic nitrogens is 1. The largest absolute Gasteiger partial charge is 0.440 e. The van der Waals surface area contributed by atoms with E-state index in [2.05, 4.69) is 40.6 Å². The van der Waals surface area contributed by atoms with Gasteiger partial charge in [0.05, 0.1) is 17.6 Å². The third-order valence-electron chi connectivity index (χ3n) is 9.47. The van der Waals surface area contributed by atoms with E-state index in [9.17, 15) is 18.5 Å². The third kappa shape index (κ3) is 5.33. The number of nitrogens with one attached hydrogen (secondary N) is 1. The molecule has 1 N–H and O–H groups in total. The molecule has 2 atom stereocenters. The Bertz CT molecular complexity index is 1630. The minimum Gasteiger partial charge on any atom is -0.440 e. The third-order valence-corrected chi connectivity index (χ3v) is 11.1. The summed E-state index contributed by atoms with van der Waals surface area (Å²) in [5, 5.41) is 12.7. The number of oxazole rings is 1. The van der Waals surface area contributed by atoms with Gasteiger partial charge in [0.1, 0.15) is 17.0 Å². The van der Waals surface area contributed by atoms with Crippen molar-refractivity contribution >= 4 is 21.4 Å². The van der Waals surface area contributed by atoms with E-state index in [1.807, 2.05) is 24.3 Å². The van der Waals surface area contributed by atoms with E-state index in [-0.39, 0.29) is 29.2 Å². The van der Waals surface area contributed by atoms with Crippen LogP contribution in [0.1, 0.15) is 74.5 Å². The summed E-state index contributed by atoms with van der Waals surface area (Å²) in [7, 11) is -3.04. The smallest absolute Gasteiger partial charge is 0.226 e. The summed E-state index contributed by atoms with van der Waals surface area (Å²) in [6.45, 7) is 0.847. The number of sulfone groups is 1. The molecule has 0 bridgehead atoms. The number of nitriles is 1. The second kappa shape index (κ2) is 10.6. The van der Waals surface area contributed by atoms with Crippen LogP contribution in [0.15, 0.2) is 52.9 Å². The summed E-state index contributed by atoms with van der Waals surface area (Å²) in [5.41, 5.74) is 4.04.